The maximum Gasteiger partial charge on any atom is 0.435 e. The summed E-state index contributed by atoms with van der Waals surface area (Å²) in [5, 5.41) is 3.54. The fourth-order valence-electron chi connectivity index (χ4n) is 3.34. The SMILES string of the molecule is O=S([O-])NNc1ccc(-n2nc(C(F)(F)F)c3ccc(-c4ccc(C(F)(F)F)cc4)cc32)cc1. The Kier molecular flexibility index (Phi) is 6.10. The van der Waals surface area contributed by atoms with Gasteiger partial charge in [0.15, 0.2) is 5.69 Å². The van der Waals surface area contributed by atoms with Gasteiger partial charge in [0.1, 0.15) is 0 Å². The maximum absolute atomic E-state index is 13.6. The third-order valence-electron chi connectivity index (χ3n) is 4.89. The maximum atomic E-state index is 13.6. The molecule has 0 aliphatic carbocycles. The molecule has 0 aliphatic rings. The molecule has 0 spiro atoms. The summed E-state index contributed by atoms with van der Waals surface area (Å²) in [6, 6.07) is 14.0. The summed E-state index contributed by atoms with van der Waals surface area (Å²) in [5.41, 5.74) is 1.86. The number of hydrazine groups is 1. The third kappa shape index (κ3) is 4.90. The Morgan fingerprint density at radius 1 is 0.824 bits per heavy atom. The van der Waals surface area contributed by atoms with Crippen LogP contribution in [0.15, 0.2) is 66.7 Å². The topological polar surface area (TPSA) is 82.0 Å². The molecule has 0 saturated carbocycles. The zero-order chi connectivity index (χ0) is 24.7. The molecule has 1 aromatic heterocycles. The van der Waals surface area contributed by atoms with E-state index >= 15 is 0 Å². The zero-order valence-electron chi connectivity index (χ0n) is 16.7. The second-order valence-corrected chi connectivity index (χ2v) is 7.75. The van der Waals surface area contributed by atoms with E-state index in [4.69, 9.17) is 0 Å². The van der Waals surface area contributed by atoms with E-state index in [9.17, 15) is 35.1 Å². The lowest BCUT2D eigenvalue weighted by molar-refractivity contribution is -0.140. The number of hydrogen-bond acceptors (Lipinski definition) is 4. The minimum absolute atomic E-state index is 0.0872. The van der Waals surface area contributed by atoms with Crippen molar-refractivity contribution in [1.82, 2.24) is 14.6 Å². The van der Waals surface area contributed by atoms with Crippen LogP contribution in [0.4, 0.5) is 32.0 Å². The summed E-state index contributed by atoms with van der Waals surface area (Å²) in [4.78, 5) is 1.94. The van der Waals surface area contributed by atoms with Gasteiger partial charge in [0.25, 0.3) is 0 Å². The van der Waals surface area contributed by atoms with Crippen LogP contribution < -0.4 is 10.3 Å². The van der Waals surface area contributed by atoms with Crippen LogP contribution in [0.5, 0.6) is 0 Å². The summed E-state index contributed by atoms with van der Waals surface area (Å²) >= 11 is -2.58. The van der Waals surface area contributed by atoms with Crippen LogP contribution in [0.1, 0.15) is 11.3 Å². The number of aromatic nitrogens is 2. The van der Waals surface area contributed by atoms with Crippen LogP contribution in [0.2, 0.25) is 0 Å². The van der Waals surface area contributed by atoms with Crippen molar-refractivity contribution in [3.05, 3.63) is 78.0 Å². The smallest absolute Gasteiger partial charge is 0.435 e. The number of benzene rings is 3. The predicted molar refractivity (Wildman–Crippen MR) is 112 cm³/mol. The van der Waals surface area contributed by atoms with Gasteiger partial charge in [-0.15, -0.1) is 0 Å². The van der Waals surface area contributed by atoms with Crippen molar-refractivity contribution in [3.8, 4) is 16.8 Å². The first-order valence-corrected chi connectivity index (χ1v) is 10.5. The monoisotopic (exact) mass is 499 g/mol. The highest BCUT2D eigenvalue weighted by Crippen LogP contribution is 2.37. The molecule has 0 saturated heterocycles. The van der Waals surface area contributed by atoms with Gasteiger partial charge in [-0.3, -0.25) is 4.21 Å². The minimum Gasteiger partial charge on any atom is -0.759 e. The van der Waals surface area contributed by atoms with Gasteiger partial charge in [0, 0.05) is 22.3 Å². The third-order valence-corrected chi connectivity index (χ3v) is 5.15. The fourth-order valence-corrected chi connectivity index (χ4v) is 3.54. The average molecular weight is 499 g/mol. The molecule has 0 radical (unpaired) electrons. The van der Waals surface area contributed by atoms with Gasteiger partial charge in [-0.05, 0) is 59.7 Å². The Morgan fingerprint density at radius 3 is 2.00 bits per heavy atom. The van der Waals surface area contributed by atoms with E-state index < -0.39 is 34.9 Å². The molecule has 0 fully saturated rings. The Hall–Kier alpha value is -3.42. The lowest BCUT2D eigenvalue weighted by Gasteiger charge is -2.11. The summed E-state index contributed by atoms with van der Waals surface area (Å²) in [5.74, 6) is 0. The molecule has 13 heteroatoms. The molecule has 178 valence electrons. The molecule has 34 heavy (non-hydrogen) atoms. The number of nitrogens with zero attached hydrogens (tertiary/aromatic N) is 2. The van der Waals surface area contributed by atoms with E-state index in [2.05, 4.69) is 10.5 Å². The first-order valence-electron chi connectivity index (χ1n) is 9.42. The van der Waals surface area contributed by atoms with Crippen molar-refractivity contribution >= 4 is 27.9 Å². The highest BCUT2D eigenvalue weighted by molar-refractivity contribution is 7.77. The van der Waals surface area contributed by atoms with Crippen molar-refractivity contribution in [1.29, 1.82) is 0 Å². The van der Waals surface area contributed by atoms with E-state index in [1.165, 1.54) is 54.6 Å². The van der Waals surface area contributed by atoms with Crippen LogP contribution in [0, 0.1) is 0 Å². The highest BCUT2D eigenvalue weighted by atomic mass is 32.2. The summed E-state index contributed by atoms with van der Waals surface area (Å²) in [7, 11) is 0. The second kappa shape index (κ2) is 8.74. The van der Waals surface area contributed by atoms with Gasteiger partial charge in [-0.1, -0.05) is 18.2 Å². The van der Waals surface area contributed by atoms with Crippen LogP contribution >= 0.6 is 0 Å². The van der Waals surface area contributed by atoms with Gasteiger partial charge >= 0.3 is 12.4 Å². The number of alkyl halides is 6. The molecule has 1 atom stereocenters. The Balaban J connectivity index is 1.79. The molecule has 6 nitrogen and oxygen atoms in total. The van der Waals surface area contributed by atoms with Crippen molar-refractivity contribution in [2.24, 2.45) is 0 Å². The van der Waals surface area contributed by atoms with Crippen molar-refractivity contribution in [2.75, 3.05) is 5.43 Å². The lowest BCUT2D eigenvalue weighted by Crippen LogP contribution is -2.23. The van der Waals surface area contributed by atoms with Crippen molar-refractivity contribution in [3.63, 3.8) is 0 Å². The van der Waals surface area contributed by atoms with Crippen LogP contribution in [-0.4, -0.2) is 18.5 Å². The van der Waals surface area contributed by atoms with Crippen LogP contribution in [-0.2, 0) is 23.6 Å². The van der Waals surface area contributed by atoms with E-state index in [1.807, 2.05) is 4.83 Å². The number of halogens is 6. The molecular formula is C21H13F6N4O2S-. The first kappa shape index (κ1) is 23.7. The molecule has 2 N–H and O–H groups in total. The standard InChI is InChI=1S/C21H14F6N4O2S/c22-20(23,24)14-4-1-12(2-5-14)13-3-10-17-18(11-13)31(29-19(17)21(25,26)27)16-8-6-15(7-9-16)28-30-34(32)33/h1-11,28,30H,(H,32,33)/p-1. The number of anilines is 1. The molecule has 0 amide bonds. The number of nitrogens with one attached hydrogen (secondary N) is 2. The van der Waals surface area contributed by atoms with Crippen LogP contribution in [0.3, 0.4) is 0 Å². The van der Waals surface area contributed by atoms with E-state index in [0.29, 0.717) is 16.8 Å². The summed E-state index contributed by atoms with van der Waals surface area (Å²) < 4.78 is 102. The van der Waals surface area contributed by atoms with Crippen molar-refractivity contribution in [2.45, 2.75) is 12.4 Å². The fraction of sp³-hybridized carbons (Fsp3) is 0.0952. The summed E-state index contributed by atoms with van der Waals surface area (Å²) in [6.07, 6.45) is -9.26. The average Bonchev–Trinajstić information content (AvgIpc) is 3.17. The Labute approximate surface area is 190 Å². The molecule has 1 unspecified atom stereocenters. The molecular weight excluding hydrogens is 486 g/mol. The Morgan fingerprint density at radius 2 is 1.44 bits per heavy atom. The predicted octanol–water partition coefficient (Wildman–Crippen LogP) is 5.44. The quantitative estimate of drug-likeness (QED) is 0.218. The largest absolute Gasteiger partial charge is 0.759 e. The second-order valence-electron chi connectivity index (χ2n) is 7.07. The van der Waals surface area contributed by atoms with Gasteiger partial charge in [0.2, 0.25) is 0 Å². The minimum atomic E-state index is -4.75. The number of hydrogen-bond donors (Lipinski definition) is 2. The number of fused-ring (bicyclic) bond motifs is 1. The summed E-state index contributed by atoms with van der Waals surface area (Å²) in [6.45, 7) is 0. The lowest BCUT2D eigenvalue weighted by atomic mass is 10.0. The Bertz CT molecular complexity index is 1350. The molecule has 4 rings (SSSR count). The van der Waals surface area contributed by atoms with E-state index in [1.54, 1.807) is 0 Å². The van der Waals surface area contributed by atoms with Gasteiger partial charge < -0.3 is 9.98 Å². The molecule has 4 aromatic rings. The van der Waals surface area contributed by atoms with Crippen molar-refractivity contribution < 1.29 is 35.1 Å². The normalized spacial score (nSPS) is 13.3. The first-order chi connectivity index (χ1) is 15.9. The molecule has 0 aliphatic heterocycles. The molecule has 0 bridgehead atoms. The van der Waals surface area contributed by atoms with Gasteiger partial charge in [0.05, 0.1) is 16.8 Å². The van der Waals surface area contributed by atoms with E-state index in [-0.39, 0.29) is 16.6 Å². The van der Waals surface area contributed by atoms with Gasteiger partial charge in [-0.2, -0.15) is 36.3 Å². The highest BCUT2D eigenvalue weighted by Gasteiger charge is 2.37. The van der Waals surface area contributed by atoms with E-state index in [0.717, 1.165) is 16.8 Å². The zero-order valence-corrected chi connectivity index (χ0v) is 17.6. The number of rotatable bonds is 5. The van der Waals surface area contributed by atoms with Gasteiger partial charge in [-0.25, -0.2) is 4.68 Å². The van der Waals surface area contributed by atoms with Crippen LogP contribution in [0.25, 0.3) is 27.7 Å². The molecule has 1 heterocycles. The molecule has 3 aromatic carbocycles.